The monoisotopic (exact) mass is 200 g/mol. The summed E-state index contributed by atoms with van der Waals surface area (Å²) in [6.07, 6.45) is -0.775. The van der Waals surface area contributed by atoms with Gasteiger partial charge in [-0.2, -0.15) is 4.39 Å². The van der Waals surface area contributed by atoms with E-state index in [1.165, 1.54) is 6.07 Å². The van der Waals surface area contributed by atoms with Crippen molar-refractivity contribution in [3.8, 4) is 5.75 Å². The van der Waals surface area contributed by atoms with Crippen LogP contribution in [0.15, 0.2) is 12.1 Å². The molecule has 0 aromatic heterocycles. The number of ether oxygens (including phenoxy) is 1. The van der Waals surface area contributed by atoms with Gasteiger partial charge in [0, 0.05) is 5.56 Å². The Labute approximate surface area is 80.1 Å². The van der Waals surface area contributed by atoms with Crippen molar-refractivity contribution in [2.24, 2.45) is 0 Å². The van der Waals surface area contributed by atoms with Gasteiger partial charge in [0.15, 0.2) is 11.6 Å². The maximum absolute atomic E-state index is 13.2. The molecule has 2 atom stereocenters. The number of aliphatic hydroxyl groups excluding tert-OH is 1. The molecular weight excluding hydrogens is 190 g/mol. The number of benzene rings is 1. The van der Waals surface area contributed by atoms with E-state index in [0.717, 1.165) is 6.07 Å². The Balaban J connectivity index is 2.48. The standard InChI is InChI=1S/C10H10F2O2/c1-2-7-9(13)5-3-4-6(11)8(12)10(5)14-7/h3-4,7,9,13H,2H2,1H3. The molecule has 0 radical (unpaired) electrons. The molecule has 14 heavy (non-hydrogen) atoms. The van der Waals surface area contributed by atoms with E-state index in [9.17, 15) is 13.9 Å². The Morgan fingerprint density at radius 1 is 1.43 bits per heavy atom. The van der Waals surface area contributed by atoms with Gasteiger partial charge in [-0.3, -0.25) is 0 Å². The van der Waals surface area contributed by atoms with Gasteiger partial charge >= 0.3 is 0 Å². The van der Waals surface area contributed by atoms with Crippen LogP contribution in [0.3, 0.4) is 0 Å². The molecule has 2 rings (SSSR count). The molecule has 1 aromatic rings. The van der Waals surface area contributed by atoms with Gasteiger partial charge in [-0.25, -0.2) is 4.39 Å². The van der Waals surface area contributed by atoms with E-state index in [0.29, 0.717) is 12.0 Å². The highest BCUT2D eigenvalue weighted by Crippen LogP contribution is 2.40. The van der Waals surface area contributed by atoms with Crippen LogP contribution in [-0.2, 0) is 0 Å². The predicted octanol–water partition coefficient (Wildman–Crippen LogP) is 2.17. The topological polar surface area (TPSA) is 29.5 Å². The Hall–Kier alpha value is -1.16. The normalized spacial score (nSPS) is 24.6. The first-order chi connectivity index (χ1) is 6.65. The summed E-state index contributed by atoms with van der Waals surface area (Å²) >= 11 is 0. The maximum atomic E-state index is 13.2. The first-order valence-electron chi connectivity index (χ1n) is 4.47. The van der Waals surface area contributed by atoms with Crippen molar-refractivity contribution in [3.05, 3.63) is 29.3 Å². The summed E-state index contributed by atoms with van der Waals surface area (Å²) < 4.78 is 31.1. The Morgan fingerprint density at radius 2 is 2.14 bits per heavy atom. The van der Waals surface area contributed by atoms with Crippen LogP contribution in [0.5, 0.6) is 5.75 Å². The van der Waals surface area contributed by atoms with Crippen molar-refractivity contribution in [1.82, 2.24) is 0 Å². The second kappa shape index (κ2) is 3.20. The summed E-state index contributed by atoms with van der Waals surface area (Å²) in [4.78, 5) is 0. The first kappa shape index (κ1) is 9.40. The molecule has 4 heteroatoms. The van der Waals surface area contributed by atoms with Crippen LogP contribution in [0, 0.1) is 11.6 Å². The molecule has 76 valence electrons. The molecule has 0 bridgehead atoms. The summed E-state index contributed by atoms with van der Waals surface area (Å²) in [7, 11) is 0. The SMILES string of the molecule is CCC1Oc2c(ccc(F)c2F)C1O. The third-order valence-corrected chi connectivity index (χ3v) is 2.42. The smallest absolute Gasteiger partial charge is 0.201 e. The van der Waals surface area contributed by atoms with Gasteiger partial charge in [0.25, 0.3) is 0 Å². The van der Waals surface area contributed by atoms with Crippen LogP contribution in [0.25, 0.3) is 0 Å². The largest absolute Gasteiger partial charge is 0.484 e. The van der Waals surface area contributed by atoms with Crippen LogP contribution in [0.1, 0.15) is 25.0 Å². The quantitative estimate of drug-likeness (QED) is 0.752. The van der Waals surface area contributed by atoms with Crippen molar-refractivity contribution < 1.29 is 18.6 Å². The first-order valence-corrected chi connectivity index (χ1v) is 4.47. The number of fused-ring (bicyclic) bond motifs is 1. The van der Waals surface area contributed by atoms with Gasteiger partial charge < -0.3 is 9.84 Å². The summed E-state index contributed by atoms with van der Waals surface area (Å²) in [5, 5.41) is 9.64. The average molecular weight is 200 g/mol. The molecule has 0 aliphatic carbocycles. The second-order valence-corrected chi connectivity index (χ2v) is 3.29. The van der Waals surface area contributed by atoms with Crippen LogP contribution in [-0.4, -0.2) is 11.2 Å². The molecular formula is C10H10F2O2. The van der Waals surface area contributed by atoms with Gasteiger partial charge in [-0.05, 0) is 18.6 Å². The Morgan fingerprint density at radius 3 is 2.79 bits per heavy atom. The van der Waals surface area contributed by atoms with Crippen LogP contribution >= 0.6 is 0 Å². The minimum absolute atomic E-state index is 0.149. The fraction of sp³-hybridized carbons (Fsp3) is 0.400. The Bertz CT molecular complexity index is 365. The van der Waals surface area contributed by atoms with Gasteiger partial charge in [0.2, 0.25) is 5.82 Å². The molecule has 0 amide bonds. The number of aliphatic hydroxyl groups is 1. The highest BCUT2D eigenvalue weighted by atomic mass is 19.2. The minimum atomic E-state index is -1.02. The summed E-state index contributed by atoms with van der Waals surface area (Å²) in [6.45, 7) is 1.81. The Kier molecular flexibility index (Phi) is 2.15. The second-order valence-electron chi connectivity index (χ2n) is 3.29. The van der Waals surface area contributed by atoms with Gasteiger partial charge in [-0.15, -0.1) is 0 Å². The third-order valence-electron chi connectivity index (χ3n) is 2.42. The third kappa shape index (κ3) is 1.18. The molecule has 1 heterocycles. The molecule has 1 aliphatic heterocycles. The van der Waals surface area contributed by atoms with E-state index < -0.39 is 23.8 Å². The van der Waals surface area contributed by atoms with Crippen LogP contribution < -0.4 is 4.74 Å². The van der Waals surface area contributed by atoms with Crippen LogP contribution in [0.4, 0.5) is 8.78 Å². The molecule has 1 N–H and O–H groups in total. The maximum Gasteiger partial charge on any atom is 0.201 e. The molecule has 1 aliphatic rings. The lowest BCUT2D eigenvalue weighted by atomic mass is 10.1. The van der Waals surface area contributed by atoms with Crippen molar-refractivity contribution in [2.45, 2.75) is 25.6 Å². The van der Waals surface area contributed by atoms with E-state index in [-0.39, 0.29) is 5.75 Å². The van der Waals surface area contributed by atoms with E-state index in [1.807, 2.05) is 6.92 Å². The number of hydrogen-bond acceptors (Lipinski definition) is 2. The summed E-state index contributed by atoms with van der Waals surface area (Å²) in [5.41, 5.74) is 0.329. The fourth-order valence-corrected chi connectivity index (χ4v) is 1.62. The molecule has 2 nitrogen and oxygen atoms in total. The molecule has 1 aromatic carbocycles. The highest BCUT2D eigenvalue weighted by Gasteiger charge is 2.34. The van der Waals surface area contributed by atoms with Gasteiger partial charge in [-0.1, -0.05) is 6.92 Å². The van der Waals surface area contributed by atoms with E-state index in [2.05, 4.69) is 0 Å². The van der Waals surface area contributed by atoms with Crippen LogP contribution in [0.2, 0.25) is 0 Å². The van der Waals surface area contributed by atoms with E-state index in [4.69, 9.17) is 4.74 Å². The summed E-state index contributed by atoms with van der Waals surface area (Å²) in [5.74, 6) is -2.12. The molecule has 0 fully saturated rings. The van der Waals surface area contributed by atoms with Gasteiger partial charge in [0.1, 0.15) is 12.2 Å². The van der Waals surface area contributed by atoms with Crippen molar-refractivity contribution >= 4 is 0 Å². The average Bonchev–Trinajstić information content (AvgIpc) is 2.50. The zero-order valence-electron chi connectivity index (χ0n) is 7.63. The number of halogens is 2. The summed E-state index contributed by atoms with van der Waals surface area (Å²) in [6, 6.07) is 2.35. The lowest BCUT2D eigenvalue weighted by Gasteiger charge is -2.10. The molecule has 0 saturated heterocycles. The predicted molar refractivity (Wildman–Crippen MR) is 46.0 cm³/mol. The van der Waals surface area contributed by atoms with E-state index >= 15 is 0 Å². The highest BCUT2D eigenvalue weighted by molar-refractivity contribution is 5.41. The number of hydrogen-bond donors (Lipinski definition) is 1. The number of rotatable bonds is 1. The van der Waals surface area contributed by atoms with E-state index in [1.54, 1.807) is 0 Å². The van der Waals surface area contributed by atoms with Crippen molar-refractivity contribution in [1.29, 1.82) is 0 Å². The zero-order valence-corrected chi connectivity index (χ0v) is 7.63. The van der Waals surface area contributed by atoms with Gasteiger partial charge in [0.05, 0.1) is 0 Å². The fourth-order valence-electron chi connectivity index (χ4n) is 1.62. The van der Waals surface area contributed by atoms with Crippen molar-refractivity contribution in [2.75, 3.05) is 0 Å². The zero-order chi connectivity index (χ0) is 10.3. The molecule has 2 unspecified atom stereocenters. The molecule has 0 spiro atoms. The lowest BCUT2D eigenvalue weighted by Crippen LogP contribution is -2.16. The minimum Gasteiger partial charge on any atom is -0.484 e. The van der Waals surface area contributed by atoms with Crippen molar-refractivity contribution in [3.63, 3.8) is 0 Å². The lowest BCUT2D eigenvalue weighted by molar-refractivity contribution is 0.0639. The molecule has 0 saturated carbocycles.